The Bertz CT molecular complexity index is 521. The molecule has 3 nitrogen and oxygen atoms in total. The molecule has 0 unspecified atom stereocenters. The van der Waals surface area contributed by atoms with Crippen LogP contribution >= 0.6 is 10.7 Å². The summed E-state index contributed by atoms with van der Waals surface area (Å²) in [4.78, 5) is 0.120. The maximum absolute atomic E-state index is 11.3. The average Bonchev–Trinajstić information content (AvgIpc) is 2.27. The summed E-state index contributed by atoms with van der Waals surface area (Å²) in [7, 11) is 1.67. The SMILES string of the molecule is CC(C)CCOc1ccc(S(=O)(=O)Cl)cc1C(C)C. The molecule has 0 N–H and O–H groups in total. The largest absolute Gasteiger partial charge is 0.493 e. The molecule has 0 bridgehead atoms. The van der Waals surface area contributed by atoms with Crippen LogP contribution in [0.2, 0.25) is 0 Å². The molecule has 0 aliphatic rings. The van der Waals surface area contributed by atoms with Crippen LogP contribution in [0.25, 0.3) is 0 Å². The van der Waals surface area contributed by atoms with Crippen LogP contribution in [-0.4, -0.2) is 15.0 Å². The zero-order valence-electron chi connectivity index (χ0n) is 11.8. The van der Waals surface area contributed by atoms with Crippen molar-refractivity contribution in [2.75, 3.05) is 6.61 Å². The number of hydrogen-bond donors (Lipinski definition) is 0. The van der Waals surface area contributed by atoms with Gasteiger partial charge in [-0.15, -0.1) is 0 Å². The van der Waals surface area contributed by atoms with Crippen molar-refractivity contribution in [2.45, 2.75) is 44.9 Å². The molecular formula is C14H21ClO3S. The molecule has 0 radical (unpaired) electrons. The van der Waals surface area contributed by atoms with Gasteiger partial charge in [0.15, 0.2) is 0 Å². The van der Waals surface area contributed by atoms with Gasteiger partial charge in [0.1, 0.15) is 5.75 Å². The summed E-state index contributed by atoms with van der Waals surface area (Å²) >= 11 is 0. The van der Waals surface area contributed by atoms with Gasteiger partial charge in [-0.1, -0.05) is 27.7 Å². The Morgan fingerprint density at radius 1 is 1.21 bits per heavy atom. The van der Waals surface area contributed by atoms with Crippen LogP contribution in [0, 0.1) is 5.92 Å². The third-order valence-corrected chi connectivity index (χ3v) is 4.19. The van der Waals surface area contributed by atoms with E-state index in [9.17, 15) is 8.42 Å². The third-order valence-electron chi connectivity index (χ3n) is 2.84. The molecule has 0 aliphatic carbocycles. The fraction of sp³-hybridized carbons (Fsp3) is 0.571. The molecule has 0 saturated carbocycles. The molecule has 0 aliphatic heterocycles. The summed E-state index contributed by atoms with van der Waals surface area (Å²) in [5.74, 6) is 1.48. The molecule has 0 saturated heterocycles. The van der Waals surface area contributed by atoms with Crippen molar-refractivity contribution < 1.29 is 13.2 Å². The van der Waals surface area contributed by atoms with Crippen molar-refractivity contribution >= 4 is 19.7 Å². The normalized spacial score (nSPS) is 12.2. The highest BCUT2D eigenvalue weighted by atomic mass is 35.7. The lowest BCUT2D eigenvalue weighted by atomic mass is 10.0. The predicted octanol–water partition coefficient (Wildman–Crippen LogP) is 4.16. The van der Waals surface area contributed by atoms with Crippen molar-refractivity contribution in [3.8, 4) is 5.75 Å². The lowest BCUT2D eigenvalue weighted by Crippen LogP contribution is -2.05. The summed E-state index contributed by atoms with van der Waals surface area (Å²) in [5.41, 5.74) is 0.866. The van der Waals surface area contributed by atoms with E-state index in [1.54, 1.807) is 12.1 Å². The molecule has 0 heterocycles. The van der Waals surface area contributed by atoms with Gasteiger partial charge in [-0.3, -0.25) is 0 Å². The summed E-state index contributed by atoms with van der Waals surface area (Å²) in [6.07, 6.45) is 0.965. The Kier molecular flexibility index (Phi) is 5.68. The van der Waals surface area contributed by atoms with Crippen LogP contribution in [0.15, 0.2) is 23.1 Å². The van der Waals surface area contributed by atoms with Crippen molar-refractivity contribution in [1.29, 1.82) is 0 Å². The van der Waals surface area contributed by atoms with Gasteiger partial charge in [0.25, 0.3) is 9.05 Å². The number of ether oxygens (including phenoxy) is 1. The van der Waals surface area contributed by atoms with E-state index in [4.69, 9.17) is 15.4 Å². The summed E-state index contributed by atoms with van der Waals surface area (Å²) in [5, 5.41) is 0. The first kappa shape index (κ1) is 16.3. The molecule has 108 valence electrons. The first-order valence-electron chi connectivity index (χ1n) is 6.43. The van der Waals surface area contributed by atoms with Gasteiger partial charge in [-0.05, 0) is 42.0 Å². The van der Waals surface area contributed by atoms with E-state index in [0.29, 0.717) is 12.5 Å². The van der Waals surface area contributed by atoms with Gasteiger partial charge in [0.05, 0.1) is 11.5 Å². The molecule has 1 aromatic carbocycles. The fourth-order valence-electron chi connectivity index (χ4n) is 1.67. The van der Waals surface area contributed by atoms with Crippen LogP contribution in [0.4, 0.5) is 0 Å². The molecule has 1 rings (SSSR count). The molecule has 0 spiro atoms. The summed E-state index contributed by atoms with van der Waals surface area (Å²) in [6, 6.07) is 4.77. The van der Waals surface area contributed by atoms with Crippen LogP contribution in [0.5, 0.6) is 5.75 Å². The maximum Gasteiger partial charge on any atom is 0.261 e. The first-order chi connectivity index (χ1) is 8.71. The van der Waals surface area contributed by atoms with Gasteiger partial charge in [-0.2, -0.15) is 0 Å². The van der Waals surface area contributed by atoms with E-state index >= 15 is 0 Å². The van der Waals surface area contributed by atoms with Crippen LogP contribution in [0.3, 0.4) is 0 Å². The minimum atomic E-state index is -3.69. The predicted molar refractivity (Wildman–Crippen MR) is 78.5 cm³/mol. The molecular weight excluding hydrogens is 284 g/mol. The highest BCUT2D eigenvalue weighted by Gasteiger charge is 2.15. The number of rotatable bonds is 6. The van der Waals surface area contributed by atoms with Gasteiger partial charge in [0.2, 0.25) is 0 Å². The highest BCUT2D eigenvalue weighted by molar-refractivity contribution is 8.13. The van der Waals surface area contributed by atoms with Crippen LogP contribution in [0.1, 0.15) is 45.6 Å². The zero-order chi connectivity index (χ0) is 14.6. The van der Waals surface area contributed by atoms with E-state index < -0.39 is 9.05 Å². The number of benzene rings is 1. The van der Waals surface area contributed by atoms with Crippen LogP contribution < -0.4 is 4.74 Å². The topological polar surface area (TPSA) is 43.4 Å². The van der Waals surface area contributed by atoms with Crippen molar-refractivity contribution in [3.05, 3.63) is 23.8 Å². The molecule has 0 atom stereocenters. The number of halogens is 1. The Morgan fingerprint density at radius 3 is 2.32 bits per heavy atom. The lowest BCUT2D eigenvalue weighted by molar-refractivity contribution is 0.286. The van der Waals surface area contributed by atoms with E-state index in [1.165, 1.54) is 6.07 Å². The van der Waals surface area contributed by atoms with Crippen LogP contribution in [-0.2, 0) is 9.05 Å². The van der Waals surface area contributed by atoms with Gasteiger partial charge in [0, 0.05) is 10.7 Å². The number of hydrogen-bond acceptors (Lipinski definition) is 3. The second kappa shape index (κ2) is 6.62. The molecule has 0 amide bonds. The molecule has 19 heavy (non-hydrogen) atoms. The smallest absolute Gasteiger partial charge is 0.261 e. The van der Waals surface area contributed by atoms with Crippen molar-refractivity contribution in [1.82, 2.24) is 0 Å². The average molecular weight is 305 g/mol. The van der Waals surface area contributed by atoms with E-state index in [-0.39, 0.29) is 10.8 Å². The Morgan fingerprint density at radius 2 is 1.84 bits per heavy atom. The summed E-state index contributed by atoms with van der Waals surface area (Å²) in [6.45, 7) is 8.89. The van der Waals surface area contributed by atoms with Crippen molar-refractivity contribution in [2.24, 2.45) is 5.92 Å². The Balaban J connectivity index is 2.99. The Hall–Kier alpha value is -0.740. The maximum atomic E-state index is 11.3. The minimum absolute atomic E-state index is 0.120. The second-order valence-electron chi connectivity index (χ2n) is 5.32. The van der Waals surface area contributed by atoms with Gasteiger partial charge < -0.3 is 4.74 Å². The quantitative estimate of drug-likeness (QED) is 0.741. The molecule has 1 aromatic rings. The molecule has 5 heteroatoms. The lowest BCUT2D eigenvalue weighted by Gasteiger charge is -2.15. The summed E-state index contributed by atoms with van der Waals surface area (Å²) < 4.78 is 28.4. The van der Waals surface area contributed by atoms with Gasteiger partial charge >= 0.3 is 0 Å². The van der Waals surface area contributed by atoms with E-state index in [1.807, 2.05) is 13.8 Å². The fourth-order valence-corrected chi connectivity index (χ4v) is 2.45. The highest BCUT2D eigenvalue weighted by Crippen LogP contribution is 2.30. The van der Waals surface area contributed by atoms with Gasteiger partial charge in [-0.25, -0.2) is 8.42 Å². The van der Waals surface area contributed by atoms with Crippen molar-refractivity contribution in [3.63, 3.8) is 0 Å². The first-order valence-corrected chi connectivity index (χ1v) is 8.74. The Labute approximate surface area is 120 Å². The standard InChI is InChI=1S/C14H21ClO3S/c1-10(2)7-8-18-14-6-5-12(19(15,16)17)9-13(14)11(3)4/h5-6,9-11H,7-8H2,1-4H3. The molecule has 0 aromatic heterocycles. The monoisotopic (exact) mass is 304 g/mol. The minimum Gasteiger partial charge on any atom is -0.493 e. The van der Waals surface area contributed by atoms with E-state index in [2.05, 4.69) is 13.8 Å². The second-order valence-corrected chi connectivity index (χ2v) is 7.89. The zero-order valence-corrected chi connectivity index (χ0v) is 13.4. The molecule has 0 fully saturated rings. The third kappa shape index (κ3) is 5.03. The van der Waals surface area contributed by atoms with E-state index in [0.717, 1.165) is 17.7 Å².